The van der Waals surface area contributed by atoms with Crippen LogP contribution in [0.15, 0.2) is 0 Å². The van der Waals surface area contributed by atoms with Gasteiger partial charge < -0.3 is 10.6 Å². The molecule has 0 aliphatic carbocycles. The molecular weight excluding hydrogens is 290 g/mol. The van der Waals surface area contributed by atoms with Gasteiger partial charge in [0, 0.05) is 20.1 Å². The van der Waals surface area contributed by atoms with Gasteiger partial charge in [0.2, 0.25) is 15.9 Å². The summed E-state index contributed by atoms with van der Waals surface area (Å²) in [5.74, 6) is 1.00. The standard InChI is InChI=1S/C14H27N3O3S/c1-15-14(18)13-9-11(5-6-16-13)8-12-4-3-7-17(10-12)21(2,19)20/h11-13,16H,3-10H2,1-2H3,(H,15,18). The summed E-state index contributed by atoms with van der Waals surface area (Å²) in [6.45, 7) is 2.17. The molecule has 2 heterocycles. The van der Waals surface area contributed by atoms with Crippen LogP contribution in [0.25, 0.3) is 0 Å². The second-order valence-corrected chi connectivity index (χ2v) is 8.36. The number of nitrogens with one attached hydrogen (secondary N) is 2. The van der Waals surface area contributed by atoms with Crippen LogP contribution in [0.4, 0.5) is 0 Å². The molecule has 0 aromatic carbocycles. The Hall–Kier alpha value is -0.660. The van der Waals surface area contributed by atoms with Crippen molar-refractivity contribution in [2.75, 3.05) is 32.9 Å². The van der Waals surface area contributed by atoms with Crippen molar-refractivity contribution < 1.29 is 13.2 Å². The minimum absolute atomic E-state index is 0.0566. The smallest absolute Gasteiger partial charge is 0.236 e. The van der Waals surface area contributed by atoms with Crippen molar-refractivity contribution in [1.82, 2.24) is 14.9 Å². The fraction of sp³-hybridized carbons (Fsp3) is 0.929. The Labute approximate surface area is 127 Å². The zero-order valence-corrected chi connectivity index (χ0v) is 13.8. The van der Waals surface area contributed by atoms with E-state index in [-0.39, 0.29) is 11.9 Å². The molecule has 6 nitrogen and oxygen atoms in total. The van der Waals surface area contributed by atoms with Gasteiger partial charge in [-0.1, -0.05) is 0 Å². The van der Waals surface area contributed by atoms with E-state index >= 15 is 0 Å². The van der Waals surface area contributed by atoms with E-state index in [4.69, 9.17) is 0 Å². The van der Waals surface area contributed by atoms with Gasteiger partial charge in [-0.25, -0.2) is 12.7 Å². The SMILES string of the molecule is CNC(=O)C1CC(CC2CCCN(S(C)(=O)=O)C2)CCN1. The highest BCUT2D eigenvalue weighted by Crippen LogP contribution is 2.29. The Bertz CT molecular complexity index is 466. The summed E-state index contributed by atoms with van der Waals surface area (Å²) in [6, 6.07) is -0.0941. The number of amides is 1. The van der Waals surface area contributed by atoms with Crippen LogP contribution >= 0.6 is 0 Å². The minimum atomic E-state index is -3.07. The maximum absolute atomic E-state index is 11.7. The van der Waals surface area contributed by atoms with E-state index in [1.165, 1.54) is 6.26 Å². The largest absolute Gasteiger partial charge is 0.358 e. The number of hydrogen-bond donors (Lipinski definition) is 2. The predicted molar refractivity (Wildman–Crippen MR) is 82.3 cm³/mol. The van der Waals surface area contributed by atoms with Crippen molar-refractivity contribution >= 4 is 15.9 Å². The molecule has 3 atom stereocenters. The number of likely N-dealkylation sites (N-methyl/N-ethyl adjacent to an activating group) is 1. The lowest BCUT2D eigenvalue weighted by atomic mass is 9.82. The van der Waals surface area contributed by atoms with Crippen LogP contribution < -0.4 is 10.6 Å². The zero-order chi connectivity index (χ0) is 15.5. The molecule has 2 aliphatic rings. The maximum atomic E-state index is 11.7. The molecule has 2 fully saturated rings. The quantitative estimate of drug-likeness (QED) is 0.774. The molecule has 7 heteroatoms. The fourth-order valence-corrected chi connectivity index (χ4v) is 4.52. The second-order valence-electron chi connectivity index (χ2n) is 6.38. The Kier molecular flexibility index (Phi) is 5.62. The van der Waals surface area contributed by atoms with Crippen molar-refractivity contribution in [2.45, 2.75) is 38.1 Å². The highest BCUT2D eigenvalue weighted by Gasteiger charge is 2.31. The van der Waals surface area contributed by atoms with Gasteiger partial charge in [-0.05, 0) is 50.5 Å². The molecule has 2 N–H and O–H groups in total. The molecule has 0 aromatic heterocycles. The highest BCUT2D eigenvalue weighted by atomic mass is 32.2. The van der Waals surface area contributed by atoms with Gasteiger partial charge >= 0.3 is 0 Å². The van der Waals surface area contributed by atoms with Crippen LogP contribution in [0.5, 0.6) is 0 Å². The molecule has 1 amide bonds. The maximum Gasteiger partial charge on any atom is 0.236 e. The van der Waals surface area contributed by atoms with Crippen molar-refractivity contribution in [3.8, 4) is 0 Å². The summed E-state index contributed by atoms with van der Waals surface area (Å²) in [5, 5.41) is 5.95. The van der Waals surface area contributed by atoms with E-state index in [0.717, 1.165) is 38.6 Å². The summed E-state index contributed by atoms with van der Waals surface area (Å²) in [7, 11) is -1.41. The van der Waals surface area contributed by atoms with Gasteiger partial charge in [0.15, 0.2) is 0 Å². The third-order valence-electron chi connectivity index (χ3n) is 4.69. The lowest BCUT2D eigenvalue weighted by Crippen LogP contribution is -2.48. The van der Waals surface area contributed by atoms with Crippen LogP contribution in [0.3, 0.4) is 0 Å². The molecule has 2 rings (SSSR count). The van der Waals surface area contributed by atoms with Crippen molar-refractivity contribution in [1.29, 1.82) is 0 Å². The van der Waals surface area contributed by atoms with E-state index in [1.807, 2.05) is 0 Å². The highest BCUT2D eigenvalue weighted by molar-refractivity contribution is 7.88. The second kappa shape index (κ2) is 7.07. The van der Waals surface area contributed by atoms with Gasteiger partial charge in [0.1, 0.15) is 0 Å². The van der Waals surface area contributed by atoms with Crippen molar-refractivity contribution in [2.24, 2.45) is 11.8 Å². The predicted octanol–water partition coefficient (Wildman–Crippen LogP) is 0.162. The van der Waals surface area contributed by atoms with Crippen molar-refractivity contribution in [3.63, 3.8) is 0 Å². The molecule has 3 unspecified atom stereocenters. The molecule has 0 spiro atoms. The molecule has 2 aliphatic heterocycles. The molecule has 0 bridgehead atoms. The summed E-state index contributed by atoms with van der Waals surface area (Å²) < 4.78 is 24.9. The topological polar surface area (TPSA) is 78.5 Å². The van der Waals surface area contributed by atoms with E-state index < -0.39 is 10.0 Å². The van der Waals surface area contributed by atoms with E-state index in [9.17, 15) is 13.2 Å². The third-order valence-corrected chi connectivity index (χ3v) is 5.96. The lowest BCUT2D eigenvalue weighted by molar-refractivity contribution is -0.123. The molecule has 2 saturated heterocycles. The number of nitrogens with zero attached hydrogens (tertiary/aromatic N) is 1. The first-order valence-corrected chi connectivity index (χ1v) is 9.65. The number of sulfonamides is 1. The fourth-order valence-electron chi connectivity index (χ4n) is 3.58. The summed E-state index contributed by atoms with van der Waals surface area (Å²) in [6.07, 6.45) is 6.29. The van der Waals surface area contributed by atoms with Crippen LogP contribution in [-0.2, 0) is 14.8 Å². The Balaban J connectivity index is 1.87. The minimum Gasteiger partial charge on any atom is -0.358 e. The molecule has 0 aromatic rings. The molecular formula is C14H27N3O3S. The van der Waals surface area contributed by atoms with Gasteiger partial charge in [0.05, 0.1) is 12.3 Å². The Morgan fingerprint density at radius 3 is 2.76 bits per heavy atom. The van der Waals surface area contributed by atoms with E-state index in [2.05, 4.69) is 10.6 Å². The molecule has 0 saturated carbocycles. The monoisotopic (exact) mass is 317 g/mol. The molecule has 0 radical (unpaired) electrons. The van der Waals surface area contributed by atoms with Gasteiger partial charge in [-0.3, -0.25) is 4.79 Å². The average molecular weight is 317 g/mol. The van der Waals surface area contributed by atoms with E-state index in [1.54, 1.807) is 11.4 Å². The number of piperidine rings is 2. The van der Waals surface area contributed by atoms with E-state index in [0.29, 0.717) is 24.9 Å². The van der Waals surface area contributed by atoms with Gasteiger partial charge in [0.25, 0.3) is 0 Å². The Morgan fingerprint density at radius 1 is 1.33 bits per heavy atom. The normalized spacial score (nSPS) is 31.8. The first-order chi connectivity index (χ1) is 9.90. The van der Waals surface area contributed by atoms with Gasteiger partial charge in [-0.15, -0.1) is 0 Å². The molecule has 21 heavy (non-hydrogen) atoms. The number of hydrogen-bond acceptors (Lipinski definition) is 4. The van der Waals surface area contributed by atoms with Crippen LogP contribution in [-0.4, -0.2) is 57.6 Å². The zero-order valence-electron chi connectivity index (χ0n) is 13.0. The first kappa shape index (κ1) is 16.7. The third kappa shape index (κ3) is 4.66. The van der Waals surface area contributed by atoms with Crippen LogP contribution in [0.1, 0.15) is 32.1 Å². The number of carbonyl (C=O) groups is 1. The lowest BCUT2D eigenvalue weighted by Gasteiger charge is -2.35. The number of carbonyl (C=O) groups excluding carboxylic acids is 1. The number of rotatable bonds is 4. The van der Waals surface area contributed by atoms with Gasteiger partial charge in [-0.2, -0.15) is 0 Å². The summed E-state index contributed by atoms with van der Waals surface area (Å²) >= 11 is 0. The Morgan fingerprint density at radius 2 is 2.10 bits per heavy atom. The molecule has 122 valence electrons. The van der Waals surface area contributed by atoms with Crippen molar-refractivity contribution in [3.05, 3.63) is 0 Å². The first-order valence-electron chi connectivity index (χ1n) is 7.80. The van der Waals surface area contributed by atoms with Crippen LogP contribution in [0.2, 0.25) is 0 Å². The summed E-state index contributed by atoms with van der Waals surface area (Å²) in [4.78, 5) is 11.7. The van der Waals surface area contributed by atoms with Crippen LogP contribution in [0, 0.1) is 11.8 Å². The summed E-state index contributed by atoms with van der Waals surface area (Å²) in [5.41, 5.74) is 0. The average Bonchev–Trinajstić information content (AvgIpc) is 2.46.